The molecule has 2 aliphatic heterocycles. The summed E-state index contributed by atoms with van der Waals surface area (Å²) in [5, 5.41) is 3.48. The van der Waals surface area contributed by atoms with Crippen molar-refractivity contribution in [1.82, 2.24) is 4.90 Å². The van der Waals surface area contributed by atoms with Gasteiger partial charge in [0.25, 0.3) is 0 Å². The molecule has 0 spiro atoms. The van der Waals surface area contributed by atoms with Crippen molar-refractivity contribution in [2.24, 2.45) is 0 Å². The van der Waals surface area contributed by atoms with E-state index in [9.17, 15) is 4.79 Å². The number of hydrogen-bond donors (Lipinski definition) is 1. The summed E-state index contributed by atoms with van der Waals surface area (Å²) in [7, 11) is 0. The van der Waals surface area contributed by atoms with Crippen molar-refractivity contribution < 1.29 is 4.79 Å². The van der Waals surface area contributed by atoms with Gasteiger partial charge in [0.1, 0.15) is 0 Å². The molecule has 4 rings (SSSR count). The first-order chi connectivity index (χ1) is 11.3. The van der Waals surface area contributed by atoms with Crippen molar-refractivity contribution in [1.29, 1.82) is 0 Å². The molecule has 2 aliphatic rings. The maximum Gasteiger partial charge on any atom is 0.241 e. The SMILES string of the molecule is O=C1CN(Cc2cccc3c2NCC3)CCN1c1ccccc1. The summed E-state index contributed by atoms with van der Waals surface area (Å²) in [6, 6.07) is 16.4. The second kappa shape index (κ2) is 6.05. The predicted octanol–water partition coefficient (Wildman–Crippen LogP) is 2.50. The van der Waals surface area contributed by atoms with E-state index in [-0.39, 0.29) is 5.91 Å². The lowest BCUT2D eigenvalue weighted by Gasteiger charge is -2.34. The number of carbonyl (C=O) groups excluding carboxylic acids is 1. The normalized spacial score (nSPS) is 17.9. The van der Waals surface area contributed by atoms with Crippen molar-refractivity contribution in [3.05, 3.63) is 59.7 Å². The molecule has 1 fully saturated rings. The molecule has 0 bridgehead atoms. The van der Waals surface area contributed by atoms with Crippen LogP contribution in [0.15, 0.2) is 48.5 Å². The van der Waals surface area contributed by atoms with Crippen molar-refractivity contribution in [3.8, 4) is 0 Å². The van der Waals surface area contributed by atoms with Gasteiger partial charge < -0.3 is 10.2 Å². The number of amides is 1. The zero-order valence-electron chi connectivity index (χ0n) is 13.2. The molecule has 4 heteroatoms. The van der Waals surface area contributed by atoms with Crippen molar-refractivity contribution in [2.75, 3.05) is 36.4 Å². The topological polar surface area (TPSA) is 35.6 Å². The molecule has 1 amide bonds. The predicted molar refractivity (Wildman–Crippen MR) is 92.7 cm³/mol. The largest absolute Gasteiger partial charge is 0.384 e. The molecule has 2 aromatic carbocycles. The van der Waals surface area contributed by atoms with Crippen LogP contribution in [-0.4, -0.2) is 37.0 Å². The van der Waals surface area contributed by atoms with Gasteiger partial charge in [0, 0.05) is 37.6 Å². The second-order valence-corrected chi connectivity index (χ2v) is 6.22. The van der Waals surface area contributed by atoms with E-state index in [4.69, 9.17) is 0 Å². The van der Waals surface area contributed by atoms with E-state index >= 15 is 0 Å². The van der Waals surface area contributed by atoms with E-state index in [1.165, 1.54) is 16.8 Å². The van der Waals surface area contributed by atoms with E-state index in [0.717, 1.165) is 38.3 Å². The number of rotatable bonds is 3. The first-order valence-corrected chi connectivity index (χ1v) is 8.24. The fraction of sp³-hybridized carbons (Fsp3) is 0.316. The van der Waals surface area contributed by atoms with E-state index in [2.05, 4.69) is 28.4 Å². The minimum Gasteiger partial charge on any atom is -0.384 e. The molecule has 0 unspecified atom stereocenters. The Kier molecular flexibility index (Phi) is 3.75. The van der Waals surface area contributed by atoms with Gasteiger partial charge in [-0.15, -0.1) is 0 Å². The molecule has 0 aliphatic carbocycles. The molecular weight excluding hydrogens is 286 g/mol. The van der Waals surface area contributed by atoms with Gasteiger partial charge in [-0.2, -0.15) is 0 Å². The van der Waals surface area contributed by atoms with Crippen LogP contribution in [0, 0.1) is 0 Å². The van der Waals surface area contributed by atoms with Crippen molar-refractivity contribution in [2.45, 2.75) is 13.0 Å². The number of nitrogens with one attached hydrogen (secondary N) is 1. The van der Waals surface area contributed by atoms with E-state index < -0.39 is 0 Å². The average molecular weight is 307 g/mol. The Morgan fingerprint density at radius 2 is 1.87 bits per heavy atom. The van der Waals surface area contributed by atoms with Crippen molar-refractivity contribution >= 4 is 17.3 Å². The Morgan fingerprint density at radius 3 is 2.70 bits per heavy atom. The summed E-state index contributed by atoms with van der Waals surface area (Å²) in [5.41, 5.74) is 4.99. The third-order valence-electron chi connectivity index (χ3n) is 4.69. The van der Waals surface area contributed by atoms with E-state index in [0.29, 0.717) is 6.54 Å². The minimum atomic E-state index is 0.183. The maximum atomic E-state index is 12.5. The van der Waals surface area contributed by atoms with Gasteiger partial charge in [0.2, 0.25) is 5.91 Å². The van der Waals surface area contributed by atoms with E-state index in [1.807, 2.05) is 35.2 Å². The third-order valence-corrected chi connectivity index (χ3v) is 4.69. The van der Waals surface area contributed by atoms with Crippen LogP contribution in [0.3, 0.4) is 0 Å². The number of carbonyl (C=O) groups is 1. The van der Waals surface area contributed by atoms with Crippen LogP contribution in [0.1, 0.15) is 11.1 Å². The highest BCUT2D eigenvalue weighted by Gasteiger charge is 2.26. The maximum absolute atomic E-state index is 12.5. The summed E-state index contributed by atoms with van der Waals surface area (Å²) < 4.78 is 0. The minimum absolute atomic E-state index is 0.183. The molecule has 23 heavy (non-hydrogen) atoms. The van der Waals surface area contributed by atoms with Gasteiger partial charge in [-0.3, -0.25) is 9.69 Å². The van der Waals surface area contributed by atoms with Crippen LogP contribution in [0.25, 0.3) is 0 Å². The first kappa shape index (κ1) is 14.3. The highest BCUT2D eigenvalue weighted by atomic mass is 16.2. The number of fused-ring (bicyclic) bond motifs is 1. The second-order valence-electron chi connectivity index (χ2n) is 6.22. The molecule has 0 aromatic heterocycles. The molecule has 118 valence electrons. The standard InChI is InChI=1S/C19H21N3O/c23-18-14-21(11-12-22(18)17-7-2-1-3-8-17)13-16-6-4-5-15-9-10-20-19(15)16/h1-8,20H,9-14H2. The number of para-hydroxylation sites is 2. The van der Waals surface area contributed by atoms with E-state index in [1.54, 1.807) is 0 Å². The van der Waals surface area contributed by atoms with Gasteiger partial charge in [0.05, 0.1) is 6.54 Å². The van der Waals surface area contributed by atoms with Gasteiger partial charge in [0.15, 0.2) is 0 Å². The fourth-order valence-electron chi connectivity index (χ4n) is 3.52. The van der Waals surface area contributed by atoms with Gasteiger partial charge >= 0.3 is 0 Å². The van der Waals surface area contributed by atoms with Crippen LogP contribution < -0.4 is 10.2 Å². The monoisotopic (exact) mass is 307 g/mol. The quantitative estimate of drug-likeness (QED) is 0.946. The number of anilines is 2. The van der Waals surface area contributed by atoms with Crippen LogP contribution >= 0.6 is 0 Å². The van der Waals surface area contributed by atoms with Gasteiger partial charge in [-0.25, -0.2) is 0 Å². The van der Waals surface area contributed by atoms with Crippen LogP contribution in [0.2, 0.25) is 0 Å². The number of nitrogens with zero attached hydrogens (tertiary/aromatic N) is 2. The zero-order chi connectivity index (χ0) is 15.6. The molecule has 0 saturated carbocycles. The smallest absolute Gasteiger partial charge is 0.241 e. The summed E-state index contributed by atoms with van der Waals surface area (Å²) >= 11 is 0. The molecule has 1 saturated heterocycles. The lowest BCUT2D eigenvalue weighted by atomic mass is 10.1. The summed E-state index contributed by atoms with van der Waals surface area (Å²) in [4.78, 5) is 16.6. The summed E-state index contributed by atoms with van der Waals surface area (Å²) in [5.74, 6) is 0.183. The van der Waals surface area contributed by atoms with Crippen LogP contribution in [-0.2, 0) is 17.8 Å². The average Bonchev–Trinajstić information content (AvgIpc) is 3.06. The van der Waals surface area contributed by atoms with Crippen molar-refractivity contribution in [3.63, 3.8) is 0 Å². The Hall–Kier alpha value is -2.33. The first-order valence-electron chi connectivity index (χ1n) is 8.24. The number of hydrogen-bond acceptors (Lipinski definition) is 3. The zero-order valence-corrected chi connectivity index (χ0v) is 13.2. The Bertz CT molecular complexity index is 714. The Balaban J connectivity index is 1.45. The molecule has 2 aromatic rings. The molecule has 1 N–H and O–H groups in total. The highest BCUT2D eigenvalue weighted by molar-refractivity contribution is 5.95. The Labute approximate surface area is 136 Å². The molecule has 0 radical (unpaired) electrons. The molecule has 2 heterocycles. The highest BCUT2D eigenvalue weighted by Crippen LogP contribution is 2.28. The third kappa shape index (κ3) is 2.82. The number of benzene rings is 2. The summed E-state index contributed by atoms with van der Waals surface area (Å²) in [6.45, 7) is 4.01. The summed E-state index contributed by atoms with van der Waals surface area (Å²) in [6.07, 6.45) is 1.10. The lowest BCUT2D eigenvalue weighted by molar-refractivity contribution is -0.121. The Morgan fingerprint density at radius 1 is 1.00 bits per heavy atom. The number of piperazine rings is 1. The lowest BCUT2D eigenvalue weighted by Crippen LogP contribution is -2.50. The molecule has 4 nitrogen and oxygen atoms in total. The fourth-order valence-corrected chi connectivity index (χ4v) is 3.52. The molecular formula is C19H21N3O. The van der Waals surface area contributed by atoms with Crippen LogP contribution in [0.5, 0.6) is 0 Å². The molecule has 0 atom stereocenters. The van der Waals surface area contributed by atoms with Gasteiger partial charge in [-0.05, 0) is 29.7 Å². The van der Waals surface area contributed by atoms with Gasteiger partial charge in [-0.1, -0.05) is 36.4 Å². The van der Waals surface area contributed by atoms with Crippen LogP contribution in [0.4, 0.5) is 11.4 Å².